The van der Waals surface area contributed by atoms with Gasteiger partial charge >= 0.3 is 0 Å². The quantitative estimate of drug-likeness (QED) is 0.611. The minimum atomic E-state index is 0.0441. The Morgan fingerprint density at radius 1 is 1.33 bits per heavy atom. The van der Waals surface area contributed by atoms with E-state index in [0.29, 0.717) is 28.8 Å². The average molecular weight is 273 g/mol. The van der Waals surface area contributed by atoms with E-state index < -0.39 is 0 Å². The van der Waals surface area contributed by atoms with Crippen molar-refractivity contribution in [2.24, 2.45) is 0 Å². The Morgan fingerprint density at radius 2 is 2.07 bits per heavy atom. The van der Waals surface area contributed by atoms with Crippen LogP contribution in [0.25, 0.3) is 0 Å². The number of Topliss-reactive ketones (excluding diaryl/α,β-unsaturated/α-hetero) is 1. The Morgan fingerprint density at radius 3 is 2.60 bits per heavy atom. The zero-order valence-electron chi connectivity index (χ0n) is 8.75. The highest BCUT2D eigenvalue weighted by Crippen LogP contribution is 2.25. The molecule has 82 valence electrons. The first kappa shape index (κ1) is 12.0. The summed E-state index contributed by atoms with van der Waals surface area (Å²) in [5.74, 6) is 1.29. The fourth-order valence-electron chi connectivity index (χ4n) is 1.25. The number of carbonyl (C=O) groups is 1. The van der Waals surface area contributed by atoms with Crippen molar-refractivity contribution in [2.45, 2.75) is 6.42 Å². The molecule has 0 aliphatic heterocycles. The summed E-state index contributed by atoms with van der Waals surface area (Å²) >= 11 is 3.24. The summed E-state index contributed by atoms with van der Waals surface area (Å²) in [6.45, 7) is 0. The molecule has 0 heterocycles. The summed E-state index contributed by atoms with van der Waals surface area (Å²) in [7, 11) is 3.12. The molecule has 0 aliphatic rings. The highest BCUT2D eigenvalue weighted by atomic mass is 79.9. The van der Waals surface area contributed by atoms with Crippen LogP contribution in [0.2, 0.25) is 0 Å². The molecule has 15 heavy (non-hydrogen) atoms. The van der Waals surface area contributed by atoms with Gasteiger partial charge in [0.2, 0.25) is 0 Å². The summed E-state index contributed by atoms with van der Waals surface area (Å²) < 4.78 is 10.2. The van der Waals surface area contributed by atoms with Gasteiger partial charge in [0.25, 0.3) is 0 Å². The number of hydrogen-bond acceptors (Lipinski definition) is 3. The predicted molar refractivity (Wildman–Crippen MR) is 62.3 cm³/mol. The summed E-state index contributed by atoms with van der Waals surface area (Å²) in [5.41, 5.74) is 0.566. The van der Waals surface area contributed by atoms with E-state index in [1.54, 1.807) is 32.4 Å². The number of ketones is 1. The van der Waals surface area contributed by atoms with Crippen LogP contribution in [0.5, 0.6) is 11.5 Å². The molecule has 0 bridgehead atoms. The van der Waals surface area contributed by atoms with E-state index in [0.717, 1.165) is 0 Å². The predicted octanol–water partition coefficient (Wildman–Crippen LogP) is 2.67. The third kappa shape index (κ3) is 2.96. The van der Waals surface area contributed by atoms with Gasteiger partial charge in [-0.15, -0.1) is 0 Å². The van der Waals surface area contributed by atoms with E-state index in [4.69, 9.17) is 9.47 Å². The number of hydrogen-bond donors (Lipinski definition) is 0. The largest absolute Gasteiger partial charge is 0.497 e. The summed E-state index contributed by atoms with van der Waals surface area (Å²) in [4.78, 5) is 11.7. The van der Waals surface area contributed by atoms with Crippen molar-refractivity contribution in [3.63, 3.8) is 0 Å². The molecule has 0 unspecified atom stereocenters. The lowest BCUT2D eigenvalue weighted by atomic mass is 10.1. The van der Waals surface area contributed by atoms with Crippen LogP contribution in [0.3, 0.4) is 0 Å². The number of halogens is 1. The highest BCUT2D eigenvalue weighted by Gasteiger charge is 2.12. The number of alkyl halides is 1. The second kappa shape index (κ2) is 5.75. The number of ether oxygens (including phenoxy) is 2. The molecule has 0 atom stereocenters. The van der Waals surface area contributed by atoms with Gasteiger partial charge < -0.3 is 9.47 Å². The Bertz CT molecular complexity index is 350. The van der Waals surface area contributed by atoms with Gasteiger partial charge in [0, 0.05) is 11.8 Å². The average Bonchev–Trinajstić information content (AvgIpc) is 2.28. The number of benzene rings is 1. The van der Waals surface area contributed by atoms with Crippen molar-refractivity contribution in [1.29, 1.82) is 0 Å². The molecule has 0 spiro atoms. The SMILES string of the molecule is COc1ccc(OC)c(C(=O)CCBr)c1. The second-order valence-corrected chi connectivity index (χ2v) is 3.72. The lowest BCUT2D eigenvalue weighted by Crippen LogP contribution is -2.03. The van der Waals surface area contributed by atoms with Crippen molar-refractivity contribution in [3.05, 3.63) is 23.8 Å². The van der Waals surface area contributed by atoms with Crippen LogP contribution < -0.4 is 9.47 Å². The van der Waals surface area contributed by atoms with Crippen LogP contribution in [-0.4, -0.2) is 25.3 Å². The van der Waals surface area contributed by atoms with Gasteiger partial charge in [-0.3, -0.25) is 4.79 Å². The van der Waals surface area contributed by atoms with Gasteiger partial charge in [0.1, 0.15) is 11.5 Å². The van der Waals surface area contributed by atoms with Crippen LogP contribution >= 0.6 is 15.9 Å². The summed E-state index contributed by atoms with van der Waals surface area (Å²) in [6.07, 6.45) is 0.448. The highest BCUT2D eigenvalue weighted by molar-refractivity contribution is 9.09. The van der Waals surface area contributed by atoms with Crippen molar-refractivity contribution in [3.8, 4) is 11.5 Å². The molecule has 0 saturated heterocycles. The van der Waals surface area contributed by atoms with Crippen molar-refractivity contribution >= 4 is 21.7 Å². The maximum Gasteiger partial charge on any atom is 0.167 e. The molecule has 0 fully saturated rings. The normalized spacial score (nSPS) is 9.80. The first-order valence-electron chi connectivity index (χ1n) is 4.54. The molecule has 0 saturated carbocycles. The van der Waals surface area contributed by atoms with Gasteiger partial charge in [-0.25, -0.2) is 0 Å². The van der Waals surface area contributed by atoms with Gasteiger partial charge in [-0.2, -0.15) is 0 Å². The Balaban J connectivity index is 3.05. The van der Waals surface area contributed by atoms with E-state index in [1.807, 2.05) is 0 Å². The van der Waals surface area contributed by atoms with Gasteiger partial charge in [-0.1, -0.05) is 15.9 Å². The van der Waals surface area contributed by atoms with E-state index >= 15 is 0 Å². The van der Waals surface area contributed by atoms with E-state index in [9.17, 15) is 4.79 Å². The van der Waals surface area contributed by atoms with Crippen molar-refractivity contribution < 1.29 is 14.3 Å². The number of carbonyl (C=O) groups excluding carboxylic acids is 1. The molecule has 1 rings (SSSR count). The molecular formula is C11H13BrO3. The molecule has 0 amide bonds. The van der Waals surface area contributed by atoms with Crippen LogP contribution in [0.15, 0.2) is 18.2 Å². The fraction of sp³-hybridized carbons (Fsp3) is 0.364. The Labute approximate surface area is 97.5 Å². The molecule has 0 aliphatic carbocycles. The molecule has 1 aromatic rings. The van der Waals surface area contributed by atoms with Crippen LogP contribution in [0.1, 0.15) is 16.8 Å². The first-order valence-corrected chi connectivity index (χ1v) is 5.66. The Hall–Kier alpha value is -1.03. The third-order valence-electron chi connectivity index (χ3n) is 2.03. The zero-order valence-corrected chi connectivity index (χ0v) is 10.3. The topological polar surface area (TPSA) is 35.5 Å². The lowest BCUT2D eigenvalue weighted by Gasteiger charge is -2.08. The van der Waals surface area contributed by atoms with Crippen LogP contribution in [-0.2, 0) is 0 Å². The molecule has 1 aromatic carbocycles. The lowest BCUT2D eigenvalue weighted by molar-refractivity contribution is 0.0986. The smallest absolute Gasteiger partial charge is 0.167 e. The van der Waals surface area contributed by atoms with E-state index in [-0.39, 0.29) is 5.78 Å². The van der Waals surface area contributed by atoms with Gasteiger partial charge in [-0.05, 0) is 18.2 Å². The fourth-order valence-corrected chi connectivity index (χ4v) is 1.61. The zero-order chi connectivity index (χ0) is 11.3. The minimum absolute atomic E-state index is 0.0441. The second-order valence-electron chi connectivity index (χ2n) is 2.93. The van der Waals surface area contributed by atoms with Crippen LogP contribution in [0.4, 0.5) is 0 Å². The summed E-state index contributed by atoms with van der Waals surface area (Å²) in [5, 5.41) is 0.645. The molecular weight excluding hydrogens is 260 g/mol. The monoisotopic (exact) mass is 272 g/mol. The van der Waals surface area contributed by atoms with Gasteiger partial charge in [0.15, 0.2) is 5.78 Å². The molecule has 0 N–H and O–H groups in total. The summed E-state index contributed by atoms with van der Waals surface area (Å²) in [6, 6.07) is 5.20. The third-order valence-corrected chi connectivity index (χ3v) is 2.43. The maximum atomic E-state index is 11.7. The minimum Gasteiger partial charge on any atom is -0.497 e. The van der Waals surface area contributed by atoms with Gasteiger partial charge in [0.05, 0.1) is 19.8 Å². The standard InChI is InChI=1S/C11H13BrO3/c1-14-8-3-4-11(15-2)9(7-8)10(13)5-6-12/h3-4,7H,5-6H2,1-2H3. The van der Waals surface area contributed by atoms with Crippen LogP contribution in [0, 0.1) is 0 Å². The molecule has 3 nitrogen and oxygen atoms in total. The number of methoxy groups -OCH3 is 2. The molecule has 4 heteroatoms. The van der Waals surface area contributed by atoms with E-state index in [1.165, 1.54) is 0 Å². The van der Waals surface area contributed by atoms with Crippen molar-refractivity contribution in [1.82, 2.24) is 0 Å². The maximum absolute atomic E-state index is 11.7. The van der Waals surface area contributed by atoms with E-state index in [2.05, 4.69) is 15.9 Å². The number of rotatable bonds is 5. The molecule has 0 radical (unpaired) electrons. The first-order chi connectivity index (χ1) is 7.22. The Kier molecular flexibility index (Phi) is 4.62. The molecule has 0 aromatic heterocycles. The van der Waals surface area contributed by atoms with Crippen molar-refractivity contribution in [2.75, 3.05) is 19.5 Å².